The summed E-state index contributed by atoms with van der Waals surface area (Å²) in [6.07, 6.45) is 5.26. The quantitative estimate of drug-likeness (QED) is 0.871. The van der Waals surface area contributed by atoms with Crippen LogP contribution in [-0.4, -0.2) is 17.1 Å². The predicted octanol–water partition coefficient (Wildman–Crippen LogP) is 2.14. The van der Waals surface area contributed by atoms with Gasteiger partial charge in [-0.15, -0.1) is 0 Å². The summed E-state index contributed by atoms with van der Waals surface area (Å²) >= 11 is 3.44. The normalized spacial score (nSPS) is 18.7. The molecule has 3 nitrogen and oxygen atoms in total. The Balaban J connectivity index is 1.95. The fourth-order valence-corrected chi connectivity index (χ4v) is 1.98. The number of halogens is 1. The van der Waals surface area contributed by atoms with Crippen molar-refractivity contribution in [2.24, 2.45) is 5.73 Å². The fourth-order valence-electron chi connectivity index (χ4n) is 1.58. The zero-order chi connectivity index (χ0) is 10.0. The number of nitrogens with one attached hydrogen (secondary N) is 1. The molecular formula is C10H14BrN3. The van der Waals surface area contributed by atoms with Crippen molar-refractivity contribution in [2.45, 2.75) is 24.8 Å². The van der Waals surface area contributed by atoms with Crippen LogP contribution >= 0.6 is 15.9 Å². The minimum absolute atomic E-state index is 0.00301. The molecule has 1 heterocycles. The van der Waals surface area contributed by atoms with E-state index in [-0.39, 0.29) is 5.54 Å². The molecule has 0 bridgehead atoms. The predicted molar refractivity (Wildman–Crippen MR) is 61.2 cm³/mol. The number of anilines is 1. The summed E-state index contributed by atoms with van der Waals surface area (Å²) in [5, 5.41) is 3.27. The molecule has 14 heavy (non-hydrogen) atoms. The van der Waals surface area contributed by atoms with Gasteiger partial charge in [-0.2, -0.15) is 0 Å². The zero-order valence-corrected chi connectivity index (χ0v) is 9.55. The average molecular weight is 256 g/mol. The van der Waals surface area contributed by atoms with Gasteiger partial charge in [-0.05, 0) is 47.3 Å². The van der Waals surface area contributed by atoms with E-state index in [0.29, 0.717) is 0 Å². The van der Waals surface area contributed by atoms with E-state index >= 15 is 0 Å². The maximum atomic E-state index is 6.10. The highest BCUT2D eigenvalue weighted by molar-refractivity contribution is 9.10. The van der Waals surface area contributed by atoms with Gasteiger partial charge in [0.05, 0.1) is 4.47 Å². The maximum Gasteiger partial charge on any atom is 0.140 e. The van der Waals surface area contributed by atoms with Gasteiger partial charge in [-0.3, -0.25) is 0 Å². The lowest BCUT2D eigenvalue weighted by Gasteiger charge is -2.38. The van der Waals surface area contributed by atoms with Crippen LogP contribution < -0.4 is 11.1 Å². The topological polar surface area (TPSA) is 50.9 Å². The maximum absolute atomic E-state index is 6.10. The second-order valence-electron chi connectivity index (χ2n) is 3.90. The van der Waals surface area contributed by atoms with E-state index in [4.69, 9.17) is 5.73 Å². The van der Waals surface area contributed by atoms with E-state index in [1.165, 1.54) is 6.42 Å². The van der Waals surface area contributed by atoms with Crippen LogP contribution in [0.25, 0.3) is 0 Å². The van der Waals surface area contributed by atoms with Crippen molar-refractivity contribution in [3.63, 3.8) is 0 Å². The monoisotopic (exact) mass is 255 g/mol. The Kier molecular flexibility index (Phi) is 2.74. The summed E-state index contributed by atoms with van der Waals surface area (Å²) < 4.78 is 0.989. The molecule has 0 atom stereocenters. The Bertz CT molecular complexity index is 323. The Morgan fingerprint density at radius 3 is 2.93 bits per heavy atom. The lowest BCUT2D eigenvalue weighted by atomic mass is 9.78. The van der Waals surface area contributed by atoms with Gasteiger partial charge in [-0.25, -0.2) is 4.98 Å². The summed E-state index contributed by atoms with van der Waals surface area (Å²) in [6, 6.07) is 3.87. The van der Waals surface area contributed by atoms with Gasteiger partial charge in [0.1, 0.15) is 5.82 Å². The molecule has 3 N–H and O–H groups in total. The molecule has 1 aromatic rings. The SMILES string of the molecule is NC1(CNc2ncccc2Br)CCC1. The van der Waals surface area contributed by atoms with Crippen molar-refractivity contribution in [2.75, 3.05) is 11.9 Å². The first kappa shape index (κ1) is 9.93. The second kappa shape index (κ2) is 3.87. The summed E-state index contributed by atoms with van der Waals surface area (Å²) in [4.78, 5) is 4.23. The minimum Gasteiger partial charge on any atom is -0.367 e. The number of pyridine rings is 1. The van der Waals surface area contributed by atoms with E-state index in [1.54, 1.807) is 6.20 Å². The van der Waals surface area contributed by atoms with Crippen molar-refractivity contribution in [1.29, 1.82) is 0 Å². The molecule has 0 aliphatic heterocycles. The third kappa shape index (κ3) is 2.07. The standard InChI is InChI=1S/C10H14BrN3/c11-8-3-1-6-13-9(8)14-7-10(12)4-2-5-10/h1,3,6H,2,4-5,7,12H2,(H,13,14). The molecule has 0 saturated heterocycles. The van der Waals surface area contributed by atoms with E-state index in [9.17, 15) is 0 Å². The molecule has 0 amide bonds. The molecule has 1 aliphatic carbocycles. The molecule has 0 unspecified atom stereocenters. The van der Waals surface area contributed by atoms with Gasteiger partial charge in [0.15, 0.2) is 0 Å². The molecule has 0 aromatic carbocycles. The lowest BCUT2D eigenvalue weighted by molar-refractivity contribution is 0.265. The van der Waals surface area contributed by atoms with Crippen LogP contribution in [-0.2, 0) is 0 Å². The number of hydrogen-bond acceptors (Lipinski definition) is 3. The Morgan fingerprint density at radius 2 is 2.36 bits per heavy atom. The van der Waals surface area contributed by atoms with E-state index in [0.717, 1.165) is 29.7 Å². The number of rotatable bonds is 3. The number of nitrogens with zero attached hydrogens (tertiary/aromatic N) is 1. The van der Waals surface area contributed by atoms with Gasteiger partial charge in [0, 0.05) is 18.3 Å². The molecule has 4 heteroatoms. The molecule has 1 aliphatic rings. The fraction of sp³-hybridized carbons (Fsp3) is 0.500. The summed E-state index contributed by atoms with van der Waals surface area (Å²) in [5.41, 5.74) is 6.09. The molecule has 1 fully saturated rings. The molecule has 2 rings (SSSR count). The zero-order valence-electron chi connectivity index (χ0n) is 7.96. The Labute approximate surface area is 92.2 Å². The van der Waals surface area contributed by atoms with Crippen LogP contribution in [0.2, 0.25) is 0 Å². The first-order valence-electron chi connectivity index (χ1n) is 4.83. The van der Waals surface area contributed by atoms with Gasteiger partial charge < -0.3 is 11.1 Å². The molecule has 76 valence electrons. The van der Waals surface area contributed by atoms with Crippen LogP contribution in [0.5, 0.6) is 0 Å². The minimum atomic E-state index is -0.00301. The van der Waals surface area contributed by atoms with E-state index in [2.05, 4.69) is 26.2 Å². The summed E-state index contributed by atoms with van der Waals surface area (Å²) in [5.74, 6) is 0.879. The number of hydrogen-bond donors (Lipinski definition) is 2. The first-order valence-corrected chi connectivity index (χ1v) is 5.62. The highest BCUT2D eigenvalue weighted by Crippen LogP contribution is 2.29. The van der Waals surface area contributed by atoms with Crippen LogP contribution in [0.1, 0.15) is 19.3 Å². The van der Waals surface area contributed by atoms with Crippen molar-refractivity contribution in [1.82, 2.24) is 4.98 Å². The van der Waals surface area contributed by atoms with Crippen molar-refractivity contribution in [3.8, 4) is 0 Å². The Hall–Kier alpha value is -0.610. The van der Waals surface area contributed by atoms with Gasteiger partial charge in [0.25, 0.3) is 0 Å². The van der Waals surface area contributed by atoms with Crippen LogP contribution in [0.3, 0.4) is 0 Å². The number of aromatic nitrogens is 1. The van der Waals surface area contributed by atoms with E-state index < -0.39 is 0 Å². The molecule has 1 saturated carbocycles. The average Bonchev–Trinajstić information content (AvgIpc) is 2.14. The van der Waals surface area contributed by atoms with Gasteiger partial charge in [-0.1, -0.05) is 0 Å². The smallest absolute Gasteiger partial charge is 0.140 e. The molecule has 0 spiro atoms. The highest BCUT2D eigenvalue weighted by Gasteiger charge is 2.32. The highest BCUT2D eigenvalue weighted by atomic mass is 79.9. The third-order valence-corrected chi connectivity index (χ3v) is 3.36. The molecule has 1 aromatic heterocycles. The largest absolute Gasteiger partial charge is 0.367 e. The van der Waals surface area contributed by atoms with Gasteiger partial charge >= 0.3 is 0 Å². The van der Waals surface area contributed by atoms with Crippen LogP contribution in [0.4, 0.5) is 5.82 Å². The van der Waals surface area contributed by atoms with Crippen molar-refractivity contribution < 1.29 is 0 Å². The first-order chi connectivity index (χ1) is 6.70. The lowest BCUT2D eigenvalue weighted by Crippen LogP contribution is -2.52. The van der Waals surface area contributed by atoms with Crippen molar-refractivity contribution in [3.05, 3.63) is 22.8 Å². The third-order valence-electron chi connectivity index (χ3n) is 2.72. The van der Waals surface area contributed by atoms with Gasteiger partial charge in [0.2, 0.25) is 0 Å². The summed E-state index contributed by atoms with van der Waals surface area (Å²) in [7, 11) is 0. The molecule has 0 radical (unpaired) electrons. The number of nitrogens with two attached hydrogens (primary N) is 1. The van der Waals surface area contributed by atoms with Crippen LogP contribution in [0.15, 0.2) is 22.8 Å². The summed E-state index contributed by atoms with van der Waals surface area (Å²) in [6.45, 7) is 0.808. The Morgan fingerprint density at radius 1 is 1.57 bits per heavy atom. The second-order valence-corrected chi connectivity index (χ2v) is 4.76. The molecular weight excluding hydrogens is 242 g/mol. The van der Waals surface area contributed by atoms with Crippen molar-refractivity contribution >= 4 is 21.7 Å². The van der Waals surface area contributed by atoms with Crippen LogP contribution in [0, 0.1) is 0 Å². The van der Waals surface area contributed by atoms with E-state index in [1.807, 2.05) is 12.1 Å².